The third-order valence-corrected chi connectivity index (χ3v) is 2.30. The number of carbonyl (C=O) groups is 1. The van der Waals surface area contributed by atoms with Crippen LogP contribution >= 0.6 is 11.6 Å². The first-order valence-corrected chi connectivity index (χ1v) is 5.69. The number of hydrogen-bond acceptors (Lipinski definition) is 2. The van der Waals surface area contributed by atoms with E-state index in [4.69, 9.17) is 13.0 Å². The van der Waals surface area contributed by atoms with Crippen LogP contribution in [0.2, 0.25) is 6.43 Å². The molecule has 0 saturated heterocycles. The van der Waals surface area contributed by atoms with Gasteiger partial charge in [0, 0.05) is 16.1 Å². The highest BCUT2D eigenvalue weighted by Gasteiger charge is 2.20. The van der Waals surface area contributed by atoms with Crippen molar-refractivity contribution >= 4 is 17.4 Å². The van der Waals surface area contributed by atoms with Crippen LogP contribution in [0.4, 0.5) is 0 Å². The van der Waals surface area contributed by atoms with Gasteiger partial charge >= 0.3 is 0 Å². The number of halogens is 1. The van der Waals surface area contributed by atoms with Crippen molar-refractivity contribution in [3.05, 3.63) is 34.9 Å². The van der Waals surface area contributed by atoms with Gasteiger partial charge in [0.15, 0.2) is 5.78 Å². The van der Waals surface area contributed by atoms with E-state index < -0.39 is 6.04 Å². The van der Waals surface area contributed by atoms with E-state index in [1.54, 1.807) is 31.2 Å². The standard InChI is InChI=1S/C13H18ClNO/c1-9(15-13(2,3)4)12(16)10-6-5-7-11(14)8-10/h5-9,15H,1-4H3/i/hD. The predicted octanol–water partition coefficient (Wildman–Crippen LogP) is 3.30. The Bertz CT molecular complexity index is 414. The lowest BCUT2D eigenvalue weighted by atomic mass is 10.0. The first kappa shape index (κ1) is 11.6. The van der Waals surface area contributed by atoms with E-state index in [-0.39, 0.29) is 11.3 Å². The van der Waals surface area contributed by atoms with Gasteiger partial charge in [-0.05, 0) is 39.8 Å². The lowest BCUT2D eigenvalue weighted by molar-refractivity contribution is 0.0936. The molecule has 1 atom stereocenters. The Balaban J connectivity index is 2.91. The minimum Gasteiger partial charge on any atom is -0.303 e. The monoisotopic (exact) mass is 240 g/mol. The maximum atomic E-state index is 12.2. The predicted molar refractivity (Wildman–Crippen MR) is 68.1 cm³/mol. The van der Waals surface area contributed by atoms with Crippen molar-refractivity contribution < 1.29 is 6.21 Å². The summed E-state index contributed by atoms with van der Waals surface area (Å²) in [6.45, 7) is 7.45. The fraction of sp³-hybridized carbons (Fsp3) is 0.462. The highest BCUT2D eigenvalue weighted by Crippen LogP contribution is 2.13. The lowest BCUT2D eigenvalue weighted by Gasteiger charge is -2.25. The first-order valence-electron chi connectivity index (χ1n) is 5.76. The molecule has 0 saturated carbocycles. The van der Waals surface area contributed by atoms with Crippen LogP contribution in [-0.2, 0) is 0 Å². The quantitative estimate of drug-likeness (QED) is 0.822. The molecular weight excluding hydrogens is 222 g/mol. The molecule has 0 amide bonds. The topological polar surface area (TPSA) is 29.1 Å². The maximum absolute atomic E-state index is 12.2. The van der Waals surface area contributed by atoms with Crippen LogP contribution in [0, 0.1) is 0 Å². The fourth-order valence-corrected chi connectivity index (χ4v) is 1.71. The molecule has 1 aromatic rings. The van der Waals surface area contributed by atoms with E-state index in [9.17, 15) is 4.79 Å². The van der Waals surface area contributed by atoms with Crippen molar-refractivity contribution in [2.75, 3.05) is 0 Å². The van der Waals surface area contributed by atoms with Crippen LogP contribution in [0.5, 0.6) is 0 Å². The SMILES string of the molecule is [2H]N(C(C)C(=O)c1cccc(Cl)c1)C(C)(C)C. The van der Waals surface area contributed by atoms with Gasteiger partial charge in [-0.2, -0.15) is 0 Å². The molecule has 0 radical (unpaired) electrons. The Morgan fingerprint density at radius 1 is 1.50 bits per heavy atom. The van der Waals surface area contributed by atoms with Crippen LogP contribution in [0.25, 0.3) is 0 Å². The number of benzene rings is 1. The Morgan fingerprint density at radius 2 is 2.12 bits per heavy atom. The van der Waals surface area contributed by atoms with Crippen molar-refractivity contribution in [3.8, 4) is 0 Å². The molecule has 2 nitrogen and oxygen atoms in total. The molecule has 0 aromatic heterocycles. The minimum atomic E-state index is -0.492. The highest BCUT2D eigenvalue weighted by atomic mass is 35.5. The summed E-state index contributed by atoms with van der Waals surface area (Å²) < 4.78 is 7.94. The molecule has 0 heterocycles. The van der Waals surface area contributed by atoms with Crippen molar-refractivity contribution in [1.29, 1.82) is 0 Å². The van der Waals surface area contributed by atoms with Gasteiger partial charge in [-0.3, -0.25) is 4.79 Å². The van der Waals surface area contributed by atoms with Crippen molar-refractivity contribution in [3.63, 3.8) is 0 Å². The summed E-state index contributed by atoms with van der Waals surface area (Å²) in [7, 11) is 0. The molecule has 1 unspecified atom stereocenters. The van der Waals surface area contributed by atoms with Crippen LogP contribution < -0.4 is 5.31 Å². The number of carbonyl (C=O) groups excluding carboxylic acids is 1. The first-order chi connectivity index (χ1) is 7.73. The molecule has 3 heteroatoms. The van der Waals surface area contributed by atoms with Gasteiger partial charge in [-0.15, -0.1) is 0 Å². The van der Waals surface area contributed by atoms with Gasteiger partial charge in [0.2, 0.25) is 0 Å². The molecule has 16 heavy (non-hydrogen) atoms. The lowest BCUT2D eigenvalue weighted by Crippen LogP contribution is -2.46. The molecule has 1 aromatic carbocycles. The summed E-state index contributed by atoms with van der Waals surface area (Å²) in [5, 5.41) is 1.85. The maximum Gasteiger partial charge on any atom is 0.179 e. The van der Waals surface area contributed by atoms with Crippen molar-refractivity contribution in [2.24, 2.45) is 0 Å². The molecule has 1 N–H and O–H groups in total. The third kappa shape index (κ3) is 3.95. The van der Waals surface area contributed by atoms with E-state index in [0.29, 0.717) is 10.6 Å². The minimum absolute atomic E-state index is 0.0857. The zero-order valence-corrected chi connectivity index (χ0v) is 10.9. The van der Waals surface area contributed by atoms with Gasteiger partial charge in [-0.25, -0.2) is 0 Å². The van der Waals surface area contributed by atoms with Gasteiger partial charge in [-0.1, -0.05) is 23.7 Å². The Labute approximate surface area is 103 Å². The van der Waals surface area contributed by atoms with Crippen LogP contribution in [0.3, 0.4) is 0 Å². The normalized spacial score (nSPS) is 14.8. The average molecular weight is 241 g/mol. The van der Waals surface area contributed by atoms with Gasteiger partial charge in [0.05, 0.1) is 6.04 Å². The molecule has 88 valence electrons. The third-order valence-electron chi connectivity index (χ3n) is 2.07. The van der Waals surface area contributed by atoms with Crippen LogP contribution in [-0.4, -0.2) is 17.4 Å². The van der Waals surface area contributed by atoms with Crippen LogP contribution in [0.15, 0.2) is 24.3 Å². The van der Waals surface area contributed by atoms with Gasteiger partial charge < -0.3 is 5.31 Å². The summed E-state index contributed by atoms with van der Waals surface area (Å²) in [6.07, 6.45) is 0. The number of ketones is 1. The molecule has 0 fully saturated rings. The Morgan fingerprint density at radius 3 is 2.62 bits per heavy atom. The molecule has 0 bridgehead atoms. The fourth-order valence-electron chi connectivity index (χ4n) is 1.52. The van der Waals surface area contributed by atoms with Crippen molar-refractivity contribution in [2.45, 2.75) is 39.3 Å². The van der Waals surface area contributed by atoms with E-state index >= 15 is 0 Å². The van der Waals surface area contributed by atoms with E-state index in [1.165, 1.54) is 5.31 Å². The second-order valence-electron chi connectivity index (χ2n) is 4.85. The molecule has 0 spiro atoms. The number of rotatable bonds is 3. The second kappa shape index (κ2) is 4.98. The Hall–Kier alpha value is -0.860. The van der Waals surface area contributed by atoms with E-state index in [1.807, 2.05) is 20.8 Å². The molecule has 1 rings (SSSR count). The zero-order valence-electron chi connectivity index (χ0n) is 11.1. The average Bonchev–Trinajstić information content (AvgIpc) is 2.25. The number of hydrogen-bond donors (Lipinski definition) is 1. The Kier molecular flexibility index (Phi) is 3.62. The van der Waals surface area contributed by atoms with Gasteiger partial charge in [0.1, 0.15) is 1.41 Å². The summed E-state index contributed by atoms with van der Waals surface area (Å²) in [6, 6.07) is 6.34. The molecule has 0 aliphatic heterocycles. The second-order valence-corrected chi connectivity index (χ2v) is 5.29. The van der Waals surface area contributed by atoms with Crippen LogP contribution in [0.1, 0.15) is 38.1 Å². The number of Topliss-reactive ketones (excluding diaryl/α,β-unsaturated/α-hetero) is 1. The molecular formula is C13H18ClNO. The van der Waals surface area contributed by atoms with Crippen molar-refractivity contribution in [1.82, 2.24) is 5.31 Å². The zero-order chi connectivity index (χ0) is 13.2. The smallest absolute Gasteiger partial charge is 0.179 e. The highest BCUT2D eigenvalue weighted by molar-refractivity contribution is 6.31. The summed E-state index contributed by atoms with van der Waals surface area (Å²) in [5.41, 5.74) is 0.180. The summed E-state index contributed by atoms with van der Waals surface area (Å²) in [5.74, 6) is -0.0857. The molecule has 0 aliphatic rings. The molecule has 0 aliphatic carbocycles. The van der Waals surface area contributed by atoms with E-state index in [2.05, 4.69) is 0 Å². The number of nitrogens with one attached hydrogen (secondary N) is 1. The largest absolute Gasteiger partial charge is 0.303 e. The summed E-state index contributed by atoms with van der Waals surface area (Å²) in [4.78, 5) is 12.2. The summed E-state index contributed by atoms with van der Waals surface area (Å²) >= 11 is 5.85. The van der Waals surface area contributed by atoms with Gasteiger partial charge in [0.25, 0.3) is 0 Å². The van der Waals surface area contributed by atoms with E-state index in [0.717, 1.165) is 0 Å².